The van der Waals surface area contributed by atoms with Crippen LogP contribution in [0.1, 0.15) is 39.2 Å². The van der Waals surface area contributed by atoms with Crippen LogP contribution < -0.4 is 11.1 Å². The van der Waals surface area contributed by atoms with Gasteiger partial charge in [0.05, 0.1) is 11.4 Å². The second-order valence-electron chi connectivity index (χ2n) is 4.55. The lowest BCUT2D eigenvalue weighted by atomic mass is 9.95. The molecule has 0 saturated heterocycles. The highest BCUT2D eigenvalue weighted by Crippen LogP contribution is 2.26. The second kappa shape index (κ2) is 5.78. The van der Waals surface area contributed by atoms with E-state index in [-0.39, 0.29) is 0 Å². The molecule has 0 aromatic heterocycles. The number of para-hydroxylation sites is 1. The Bertz CT molecular complexity index is 309. The van der Waals surface area contributed by atoms with E-state index in [1.54, 1.807) is 0 Å². The summed E-state index contributed by atoms with van der Waals surface area (Å²) in [4.78, 5) is 0. The molecule has 1 rings (SSSR count). The molecule has 0 fully saturated rings. The number of nitrogens with two attached hydrogens (primary N) is 1. The minimum absolute atomic E-state index is 0.471. The summed E-state index contributed by atoms with van der Waals surface area (Å²) in [5, 5.41) is 3.56. The maximum atomic E-state index is 5.99. The van der Waals surface area contributed by atoms with E-state index < -0.39 is 0 Å². The van der Waals surface area contributed by atoms with Gasteiger partial charge in [0.15, 0.2) is 0 Å². The van der Waals surface area contributed by atoms with Crippen molar-refractivity contribution in [3.63, 3.8) is 0 Å². The molecule has 1 unspecified atom stereocenters. The van der Waals surface area contributed by atoms with Gasteiger partial charge in [-0.1, -0.05) is 38.8 Å². The van der Waals surface area contributed by atoms with E-state index in [9.17, 15) is 0 Å². The molecule has 2 nitrogen and oxygen atoms in total. The molecule has 0 spiro atoms. The first-order valence-electron chi connectivity index (χ1n) is 6.21. The molecule has 16 heavy (non-hydrogen) atoms. The van der Waals surface area contributed by atoms with Gasteiger partial charge in [-0.25, -0.2) is 0 Å². The van der Waals surface area contributed by atoms with E-state index in [0.717, 1.165) is 11.4 Å². The molecule has 90 valence electrons. The molecule has 1 aromatic carbocycles. The third-order valence-electron chi connectivity index (χ3n) is 3.43. The van der Waals surface area contributed by atoms with Crippen molar-refractivity contribution >= 4 is 11.4 Å². The number of anilines is 2. The average molecular weight is 220 g/mol. The van der Waals surface area contributed by atoms with Crippen LogP contribution in [0, 0.1) is 12.8 Å². The summed E-state index contributed by atoms with van der Waals surface area (Å²) < 4.78 is 0. The number of aryl methyl sites for hydroxylation is 1. The summed E-state index contributed by atoms with van der Waals surface area (Å²) in [5.74, 6) is 0.707. The third kappa shape index (κ3) is 2.91. The highest BCUT2D eigenvalue weighted by atomic mass is 14.9. The predicted molar refractivity (Wildman–Crippen MR) is 72.7 cm³/mol. The first-order chi connectivity index (χ1) is 7.60. The van der Waals surface area contributed by atoms with Crippen LogP contribution in [0.15, 0.2) is 18.2 Å². The molecule has 1 atom stereocenters. The molecule has 0 aliphatic rings. The summed E-state index contributed by atoms with van der Waals surface area (Å²) in [7, 11) is 0. The Morgan fingerprint density at radius 1 is 1.25 bits per heavy atom. The van der Waals surface area contributed by atoms with Crippen molar-refractivity contribution in [3.8, 4) is 0 Å². The molecular formula is C14H24N2. The monoisotopic (exact) mass is 220 g/mol. The van der Waals surface area contributed by atoms with Crippen LogP contribution in [0.3, 0.4) is 0 Å². The molecule has 0 heterocycles. The number of benzene rings is 1. The molecule has 1 aromatic rings. The highest BCUT2D eigenvalue weighted by Gasteiger charge is 2.14. The summed E-state index contributed by atoms with van der Waals surface area (Å²) in [6, 6.07) is 6.52. The zero-order chi connectivity index (χ0) is 12.1. The lowest BCUT2D eigenvalue weighted by molar-refractivity contribution is 0.438. The highest BCUT2D eigenvalue weighted by molar-refractivity contribution is 5.70. The first-order valence-corrected chi connectivity index (χ1v) is 6.21. The van der Waals surface area contributed by atoms with E-state index >= 15 is 0 Å². The Labute approximate surface area is 99.2 Å². The zero-order valence-corrected chi connectivity index (χ0v) is 10.9. The van der Waals surface area contributed by atoms with E-state index in [1.165, 1.54) is 18.4 Å². The SMILES string of the molecule is CCC(CC)C(C)Nc1c(C)cccc1N. The van der Waals surface area contributed by atoms with Crippen LogP contribution in [0.2, 0.25) is 0 Å². The van der Waals surface area contributed by atoms with Crippen molar-refractivity contribution < 1.29 is 0 Å². The normalized spacial score (nSPS) is 12.8. The Morgan fingerprint density at radius 2 is 1.88 bits per heavy atom. The number of hydrogen-bond acceptors (Lipinski definition) is 2. The van der Waals surface area contributed by atoms with Crippen LogP contribution in [0.25, 0.3) is 0 Å². The number of rotatable bonds is 5. The van der Waals surface area contributed by atoms with Gasteiger partial charge in [-0.3, -0.25) is 0 Å². The van der Waals surface area contributed by atoms with Crippen molar-refractivity contribution in [1.82, 2.24) is 0 Å². The standard InChI is InChI=1S/C14H24N2/c1-5-12(6-2)11(4)16-14-10(3)8-7-9-13(14)15/h7-9,11-12,16H,5-6,15H2,1-4H3. The van der Waals surface area contributed by atoms with Crippen LogP contribution in [0.4, 0.5) is 11.4 Å². The van der Waals surface area contributed by atoms with Gasteiger partial charge in [0, 0.05) is 6.04 Å². The fourth-order valence-corrected chi connectivity index (χ4v) is 2.23. The number of hydrogen-bond donors (Lipinski definition) is 2. The Hall–Kier alpha value is -1.18. The first kappa shape index (κ1) is 12.9. The van der Waals surface area contributed by atoms with Crippen LogP contribution >= 0.6 is 0 Å². The van der Waals surface area contributed by atoms with Crippen molar-refractivity contribution in [2.45, 2.75) is 46.6 Å². The van der Waals surface area contributed by atoms with Gasteiger partial charge in [0.2, 0.25) is 0 Å². The van der Waals surface area contributed by atoms with Gasteiger partial charge in [-0.2, -0.15) is 0 Å². The van der Waals surface area contributed by atoms with Gasteiger partial charge >= 0.3 is 0 Å². The van der Waals surface area contributed by atoms with E-state index in [0.29, 0.717) is 12.0 Å². The topological polar surface area (TPSA) is 38.0 Å². The maximum absolute atomic E-state index is 5.99. The zero-order valence-electron chi connectivity index (χ0n) is 10.9. The fraction of sp³-hybridized carbons (Fsp3) is 0.571. The molecule has 3 N–H and O–H groups in total. The van der Waals surface area contributed by atoms with Gasteiger partial charge in [-0.05, 0) is 31.4 Å². The van der Waals surface area contributed by atoms with Gasteiger partial charge < -0.3 is 11.1 Å². The Kier molecular flexibility index (Phi) is 4.66. The van der Waals surface area contributed by atoms with Crippen LogP contribution in [-0.4, -0.2) is 6.04 Å². The summed E-state index contributed by atoms with van der Waals surface area (Å²) >= 11 is 0. The van der Waals surface area contributed by atoms with Crippen molar-refractivity contribution in [1.29, 1.82) is 0 Å². The number of nitrogens with one attached hydrogen (secondary N) is 1. The van der Waals surface area contributed by atoms with Gasteiger partial charge in [-0.15, -0.1) is 0 Å². The van der Waals surface area contributed by atoms with Crippen molar-refractivity contribution in [3.05, 3.63) is 23.8 Å². The third-order valence-corrected chi connectivity index (χ3v) is 3.43. The molecule has 0 aliphatic carbocycles. The Balaban J connectivity index is 2.80. The van der Waals surface area contributed by atoms with Gasteiger partial charge in [0.1, 0.15) is 0 Å². The van der Waals surface area contributed by atoms with E-state index in [2.05, 4.69) is 39.1 Å². The van der Waals surface area contributed by atoms with E-state index in [4.69, 9.17) is 5.73 Å². The molecule has 0 saturated carbocycles. The quantitative estimate of drug-likeness (QED) is 0.740. The maximum Gasteiger partial charge on any atom is 0.0605 e. The molecule has 0 aliphatic heterocycles. The summed E-state index contributed by atoms with van der Waals surface area (Å²) in [6.07, 6.45) is 2.41. The van der Waals surface area contributed by atoms with E-state index in [1.807, 2.05) is 12.1 Å². The lowest BCUT2D eigenvalue weighted by Gasteiger charge is -2.25. The van der Waals surface area contributed by atoms with Crippen LogP contribution in [-0.2, 0) is 0 Å². The molecule has 0 amide bonds. The lowest BCUT2D eigenvalue weighted by Crippen LogP contribution is -2.25. The van der Waals surface area contributed by atoms with Gasteiger partial charge in [0.25, 0.3) is 0 Å². The largest absolute Gasteiger partial charge is 0.397 e. The molecule has 0 bridgehead atoms. The second-order valence-corrected chi connectivity index (χ2v) is 4.55. The van der Waals surface area contributed by atoms with Crippen LogP contribution in [0.5, 0.6) is 0 Å². The van der Waals surface area contributed by atoms with Crippen molar-refractivity contribution in [2.24, 2.45) is 5.92 Å². The van der Waals surface area contributed by atoms with Crippen molar-refractivity contribution in [2.75, 3.05) is 11.1 Å². The minimum atomic E-state index is 0.471. The Morgan fingerprint density at radius 3 is 2.38 bits per heavy atom. The summed E-state index contributed by atoms with van der Waals surface area (Å²) in [6.45, 7) is 8.82. The average Bonchev–Trinajstić information content (AvgIpc) is 2.25. The summed E-state index contributed by atoms with van der Waals surface area (Å²) in [5.41, 5.74) is 9.15. The smallest absolute Gasteiger partial charge is 0.0605 e. The fourth-order valence-electron chi connectivity index (χ4n) is 2.23. The molecule has 0 radical (unpaired) electrons. The molecule has 2 heteroatoms. The molecular weight excluding hydrogens is 196 g/mol. The minimum Gasteiger partial charge on any atom is -0.397 e. The number of nitrogen functional groups attached to an aromatic ring is 1. The predicted octanol–water partition coefficient (Wildman–Crippen LogP) is 3.81.